The standard InChI is InChI=1S/C16H20N2OS/c1-9-4-5-13-12(6-9)14(17)15(20-13)16(19)18-7-10(2)11(3)8-18/h4-6,10-11H,7-8,17H2,1-3H3. The lowest BCUT2D eigenvalue weighted by molar-refractivity contribution is 0.0791. The third kappa shape index (κ3) is 2.08. The zero-order valence-corrected chi connectivity index (χ0v) is 13.0. The number of fused-ring (bicyclic) bond motifs is 1. The summed E-state index contributed by atoms with van der Waals surface area (Å²) in [7, 11) is 0. The van der Waals surface area contributed by atoms with Crippen molar-refractivity contribution in [1.29, 1.82) is 0 Å². The maximum Gasteiger partial charge on any atom is 0.266 e. The lowest BCUT2D eigenvalue weighted by atomic mass is 10.0. The normalized spacial score (nSPS) is 22.6. The molecule has 20 heavy (non-hydrogen) atoms. The molecule has 2 atom stereocenters. The minimum Gasteiger partial charge on any atom is -0.397 e. The first-order chi connectivity index (χ1) is 9.47. The van der Waals surface area contributed by atoms with Crippen molar-refractivity contribution in [2.75, 3.05) is 18.8 Å². The molecule has 2 heterocycles. The van der Waals surface area contributed by atoms with Gasteiger partial charge in [0.1, 0.15) is 4.88 Å². The number of nitrogens with zero attached hydrogens (tertiary/aromatic N) is 1. The SMILES string of the molecule is Cc1ccc2sc(C(=O)N3CC(C)C(C)C3)c(N)c2c1. The van der Waals surface area contributed by atoms with Crippen LogP contribution in [0, 0.1) is 18.8 Å². The number of rotatable bonds is 1. The minimum absolute atomic E-state index is 0.0950. The highest BCUT2D eigenvalue weighted by Crippen LogP contribution is 2.36. The molecule has 1 amide bonds. The second-order valence-corrected chi connectivity index (χ2v) is 7.06. The van der Waals surface area contributed by atoms with Crippen molar-refractivity contribution < 1.29 is 4.79 Å². The van der Waals surface area contributed by atoms with E-state index in [9.17, 15) is 4.79 Å². The van der Waals surface area contributed by atoms with Gasteiger partial charge in [-0.15, -0.1) is 11.3 Å². The van der Waals surface area contributed by atoms with Gasteiger partial charge in [-0.3, -0.25) is 4.79 Å². The first kappa shape index (κ1) is 13.4. The first-order valence-corrected chi connectivity index (χ1v) is 7.87. The minimum atomic E-state index is 0.0950. The number of hydrogen-bond donors (Lipinski definition) is 1. The van der Waals surface area contributed by atoms with Crippen LogP contribution in [0.3, 0.4) is 0 Å². The molecule has 3 rings (SSSR count). The summed E-state index contributed by atoms with van der Waals surface area (Å²) in [6.07, 6.45) is 0. The maximum absolute atomic E-state index is 12.7. The quantitative estimate of drug-likeness (QED) is 0.872. The Morgan fingerprint density at radius 3 is 2.60 bits per heavy atom. The number of nitrogens with two attached hydrogens (primary N) is 1. The van der Waals surface area contributed by atoms with Crippen LogP contribution < -0.4 is 5.73 Å². The largest absolute Gasteiger partial charge is 0.397 e. The highest BCUT2D eigenvalue weighted by molar-refractivity contribution is 7.21. The molecule has 1 aromatic carbocycles. The van der Waals surface area contributed by atoms with Crippen molar-refractivity contribution >= 4 is 33.0 Å². The summed E-state index contributed by atoms with van der Waals surface area (Å²) in [5.74, 6) is 1.23. The smallest absolute Gasteiger partial charge is 0.266 e. The van der Waals surface area contributed by atoms with E-state index in [-0.39, 0.29) is 5.91 Å². The van der Waals surface area contributed by atoms with E-state index >= 15 is 0 Å². The van der Waals surface area contributed by atoms with Crippen molar-refractivity contribution in [3.63, 3.8) is 0 Å². The number of likely N-dealkylation sites (tertiary alicyclic amines) is 1. The topological polar surface area (TPSA) is 46.3 Å². The van der Waals surface area contributed by atoms with Gasteiger partial charge >= 0.3 is 0 Å². The van der Waals surface area contributed by atoms with E-state index < -0.39 is 0 Å². The zero-order valence-electron chi connectivity index (χ0n) is 12.1. The van der Waals surface area contributed by atoms with E-state index in [1.54, 1.807) is 0 Å². The number of thiophene rings is 1. The van der Waals surface area contributed by atoms with Crippen molar-refractivity contribution in [2.45, 2.75) is 20.8 Å². The van der Waals surface area contributed by atoms with Crippen molar-refractivity contribution in [2.24, 2.45) is 11.8 Å². The Kier molecular flexibility index (Phi) is 3.21. The Labute approximate surface area is 123 Å². The average molecular weight is 288 g/mol. The second-order valence-electron chi connectivity index (χ2n) is 6.01. The third-order valence-electron chi connectivity index (χ3n) is 4.35. The van der Waals surface area contributed by atoms with Crippen LogP contribution in [0.15, 0.2) is 18.2 Å². The highest BCUT2D eigenvalue weighted by Gasteiger charge is 2.31. The molecule has 2 unspecified atom stereocenters. The van der Waals surface area contributed by atoms with Crippen LogP contribution in [0.5, 0.6) is 0 Å². The number of aryl methyl sites for hydroxylation is 1. The van der Waals surface area contributed by atoms with Gasteiger partial charge in [0.25, 0.3) is 5.91 Å². The summed E-state index contributed by atoms with van der Waals surface area (Å²) in [5, 5.41) is 1.01. The Bertz CT molecular complexity index is 666. The van der Waals surface area contributed by atoms with Gasteiger partial charge in [-0.05, 0) is 30.9 Å². The fourth-order valence-corrected chi connectivity index (χ4v) is 3.90. The van der Waals surface area contributed by atoms with Crippen LogP contribution in [0.1, 0.15) is 29.1 Å². The molecule has 2 N–H and O–H groups in total. The number of benzene rings is 1. The summed E-state index contributed by atoms with van der Waals surface area (Å²) >= 11 is 1.51. The predicted octanol–water partition coefficient (Wildman–Crippen LogP) is 3.52. The van der Waals surface area contributed by atoms with Gasteiger partial charge in [0.15, 0.2) is 0 Å². The molecule has 0 aliphatic carbocycles. The molecule has 1 saturated heterocycles. The summed E-state index contributed by atoms with van der Waals surface area (Å²) in [5.41, 5.74) is 8.02. The summed E-state index contributed by atoms with van der Waals surface area (Å²) in [4.78, 5) is 15.3. The molecule has 2 aromatic rings. The molecule has 1 aliphatic rings. The lowest BCUT2D eigenvalue weighted by Crippen LogP contribution is -2.28. The Morgan fingerprint density at radius 1 is 1.30 bits per heavy atom. The second kappa shape index (κ2) is 4.77. The monoisotopic (exact) mass is 288 g/mol. The predicted molar refractivity (Wildman–Crippen MR) is 85.2 cm³/mol. The molecule has 0 bridgehead atoms. The number of amides is 1. The van der Waals surface area contributed by atoms with Crippen molar-refractivity contribution in [3.05, 3.63) is 28.6 Å². The summed E-state index contributed by atoms with van der Waals surface area (Å²) < 4.78 is 1.09. The molecular formula is C16H20N2OS. The third-order valence-corrected chi connectivity index (χ3v) is 5.53. The summed E-state index contributed by atoms with van der Waals surface area (Å²) in [6, 6.07) is 6.18. The molecule has 0 spiro atoms. The van der Waals surface area contributed by atoms with E-state index in [0.29, 0.717) is 22.4 Å². The maximum atomic E-state index is 12.7. The molecule has 1 aromatic heterocycles. The van der Waals surface area contributed by atoms with Crippen LogP contribution in [0.4, 0.5) is 5.69 Å². The number of carbonyl (C=O) groups is 1. The van der Waals surface area contributed by atoms with E-state index in [1.165, 1.54) is 16.9 Å². The summed E-state index contributed by atoms with van der Waals surface area (Å²) in [6.45, 7) is 8.13. The molecule has 106 valence electrons. The Balaban J connectivity index is 1.98. The molecular weight excluding hydrogens is 268 g/mol. The Morgan fingerprint density at radius 2 is 1.95 bits per heavy atom. The van der Waals surface area contributed by atoms with E-state index in [2.05, 4.69) is 32.0 Å². The number of carbonyl (C=O) groups excluding carboxylic acids is 1. The van der Waals surface area contributed by atoms with E-state index in [1.807, 2.05) is 11.8 Å². The van der Waals surface area contributed by atoms with Gasteiger partial charge in [0, 0.05) is 23.2 Å². The van der Waals surface area contributed by atoms with Crippen LogP contribution in [0.25, 0.3) is 10.1 Å². The fraction of sp³-hybridized carbons (Fsp3) is 0.438. The average Bonchev–Trinajstić information content (AvgIpc) is 2.91. The molecule has 0 radical (unpaired) electrons. The Hall–Kier alpha value is -1.55. The van der Waals surface area contributed by atoms with Gasteiger partial charge in [-0.2, -0.15) is 0 Å². The van der Waals surface area contributed by atoms with Crippen molar-refractivity contribution in [1.82, 2.24) is 4.90 Å². The van der Waals surface area contributed by atoms with E-state index in [0.717, 1.165) is 23.2 Å². The molecule has 3 nitrogen and oxygen atoms in total. The van der Waals surface area contributed by atoms with Gasteiger partial charge in [0.05, 0.1) is 5.69 Å². The molecule has 0 saturated carbocycles. The first-order valence-electron chi connectivity index (χ1n) is 7.05. The van der Waals surface area contributed by atoms with Gasteiger partial charge in [-0.25, -0.2) is 0 Å². The molecule has 1 fully saturated rings. The highest BCUT2D eigenvalue weighted by atomic mass is 32.1. The number of nitrogen functional groups attached to an aromatic ring is 1. The van der Waals surface area contributed by atoms with Crippen LogP contribution >= 0.6 is 11.3 Å². The lowest BCUT2D eigenvalue weighted by Gasteiger charge is -2.15. The van der Waals surface area contributed by atoms with Gasteiger partial charge < -0.3 is 10.6 Å². The van der Waals surface area contributed by atoms with Gasteiger partial charge in [0.2, 0.25) is 0 Å². The van der Waals surface area contributed by atoms with Gasteiger partial charge in [-0.1, -0.05) is 25.5 Å². The van der Waals surface area contributed by atoms with Crippen molar-refractivity contribution in [3.8, 4) is 0 Å². The van der Waals surface area contributed by atoms with E-state index in [4.69, 9.17) is 5.73 Å². The fourth-order valence-electron chi connectivity index (χ4n) is 2.83. The number of anilines is 1. The van der Waals surface area contributed by atoms with Crippen LogP contribution in [-0.2, 0) is 0 Å². The molecule has 1 aliphatic heterocycles. The molecule has 4 heteroatoms. The zero-order chi connectivity index (χ0) is 14.4. The van der Waals surface area contributed by atoms with Crippen LogP contribution in [-0.4, -0.2) is 23.9 Å². The number of hydrogen-bond acceptors (Lipinski definition) is 3. The van der Waals surface area contributed by atoms with Crippen LogP contribution in [0.2, 0.25) is 0 Å².